The van der Waals surface area contributed by atoms with Crippen molar-refractivity contribution in [2.45, 2.75) is 24.7 Å². The number of hydrogen-bond acceptors (Lipinski definition) is 1. The van der Waals surface area contributed by atoms with Crippen LogP contribution in [0.5, 0.6) is 0 Å². The van der Waals surface area contributed by atoms with Crippen molar-refractivity contribution in [2.24, 2.45) is 4.99 Å². The van der Waals surface area contributed by atoms with E-state index in [2.05, 4.69) is 15.6 Å². The average Bonchev–Trinajstić information content (AvgIpc) is 3.20. The van der Waals surface area contributed by atoms with E-state index in [-0.39, 0.29) is 11.2 Å². The lowest BCUT2D eigenvalue weighted by Crippen LogP contribution is -2.42. The maximum absolute atomic E-state index is 13.3. The summed E-state index contributed by atoms with van der Waals surface area (Å²) in [5, 5.41) is 5.58. The third-order valence-electron chi connectivity index (χ3n) is 3.53. The molecular weight excluding hydrogens is 267 g/mol. The first-order chi connectivity index (χ1) is 9.55. The van der Waals surface area contributed by atoms with E-state index in [1.54, 1.807) is 6.07 Å². The van der Waals surface area contributed by atoms with Gasteiger partial charge in [0.15, 0.2) is 5.96 Å². The number of rotatable bonds is 5. The van der Waals surface area contributed by atoms with E-state index in [9.17, 15) is 13.2 Å². The van der Waals surface area contributed by atoms with Crippen LogP contribution in [-0.4, -0.2) is 32.5 Å². The van der Waals surface area contributed by atoms with Crippen molar-refractivity contribution >= 4 is 5.96 Å². The number of halogens is 3. The van der Waals surface area contributed by atoms with Crippen LogP contribution in [0.25, 0.3) is 0 Å². The molecular formula is C14H18F3N3. The Morgan fingerprint density at radius 3 is 2.65 bits per heavy atom. The van der Waals surface area contributed by atoms with Crippen LogP contribution < -0.4 is 10.6 Å². The first-order valence-corrected chi connectivity index (χ1v) is 6.54. The topological polar surface area (TPSA) is 36.4 Å². The van der Waals surface area contributed by atoms with Crippen LogP contribution in [0.1, 0.15) is 18.4 Å². The Kier molecular flexibility index (Phi) is 4.52. The highest BCUT2D eigenvalue weighted by molar-refractivity contribution is 5.79. The van der Waals surface area contributed by atoms with Crippen molar-refractivity contribution in [3.05, 3.63) is 35.6 Å². The average molecular weight is 285 g/mol. The maximum Gasteiger partial charge on any atom is 0.255 e. The van der Waals surface area contributed by atoms with Crippen LogP contribution >= 0.6 is 0 Å². The summed E-state index contributed by atoms with van der Waals surface area (Å²) in [5.41, 5.74) is 0.833. The Balaban J connectivity index is 1.93. The summed E-state index contributed by atoms with van der Waals surface area (Å²) in [4.78, 5) is 3.89. The molecule has 0 aliphatic heterocycles. The molecule has 3 nitrogen and oxygen atoms in total. The van der Waals surface area contributed by atoms with Crippen LogP contribution in [-0.2, 0) is 5.41 Å². The smallest absolute Gasteiger partial charge is 0.255 e. The minimum absolute atomic E-state index is 0.107. The molecule has 0 spiro atoms. The third kappa shape index (κ3) is 3.65. The van der Waals surface area contributed by atoms with Crippen molar-refractivity contribution in [1.82, 2.24) is 10.6 Å². The number of hydrogen-bond donors (Lipinski definition) is 2. The number of guanidine groups is 1. The van der Waals surface area contributed by atoms with Crippen LogP contribution in [0.4, 0.5) is 13.2 Å². The van der Waals surface area contributed by atoms with E-state index in [1.807, 2.05) is 6.07 Å². The highest BCUT2D eigenvalue weighted by atomic mass is 19.3. The molecule has 2 N–H and O–H groups in total. The van der Waals surface area contributed by atoms with Gasteiger partial charge in [0, 0.05) is 19.0 Å². The summed E-state index contributed by atoms with van der Waals surface area (Å²) < 4.78 is 37.5. The molecule has 1 saturated carbocycles. The van der Waals surface area contributed by atoms with Gasteiger partial charge in [-0.2, -0.15) is 0 Å². The van der Waals surface area contributed by atoms with E-state index in [0.29, 0.717) is 12.5 Å². The van der Waals surface area contributed by atoms with Gasteiger partial charge in [-0.15, -0.1) is 0 Å². The van der Waals surface area contributed by atoms with E-state index in [4.69, 9.17) is 0 Å². The Morgan fingerprint density at radius 1 is 1.35 bits per heavy atom. The van der Waals surface area contributed by atoms with Gasteiger partial charge >= 0.3 is 0 Å². The Hall–Kier alpha value is -1.72. The standard InChI is InChI=1S/C14H18F3N3/c1-18-13(19-8-12(16)17)20-9-14(5-6-14)10-3-2-4-11(15)7-10/h2-4,7,12H,5-6,8-9H2,1H3,(H2,18,19,20). The van der Waals surface area contributed by atoms with E-state index < -0.39 is 13.0 Å². The Bertz CT molecular complexity index is 484. The van der Waals surface area contributed by atoms with E-state index in [1.165, 1.54) is 19.2 Å². The second-order valence-corrected chi connectivity index (χ2v) is 4.99. The predicted molar refractivity (Wildman–Crippen MR) is 72.7 cm³/mol. The molecule has 1 aromatic carbocycles. The lowest BCUT2D eigenvalue weighted by Gasteiger charge is -2.19. The molecule has 6 heteroatoms. The first-order valence-electron chi connectivity index (χ1n) is 6.54. The lowest BCUT2D eigenvalue weighted by atomic mass is 9.96. The first kappa shape index (κ1) is 14.7. The Morgan fingerprint density at radius 2 is 2.10 bits per heavy atom. The Labute approximate surface area is 116 Å². The zero-order chi connectivity index (χ0) is 14.6. The SMILES string of the molecule is CN=C(NCC(F)F)NCC1(c2cccc(F)c2)CC1. The largest absolute Gasteiger partial charge is 0.356 e. The zero-order valence-corrected chi connectivity index (χ0v) is 11.3. The molecule has 0 aromatic heterocycles. The molecule has 2 rings (SSSR count). The van der Waals surface area contributed by atoms with E-state index >= 15 is 0 Å². The van der Waals surface area contributed by atoms with Crippen LogP contribution in [0.3, 0.4) is 0 Å². The summed E-state index contributed by atoms with van der Waals surface area (Å²) in [6.45, 7) is 0.117. The minimum atomic E-state index is -2.42. The summed E-state index contributed by atoms with van der Waals surface area (Å²) in [6.07, 6.45) is -0.517. The van der Waals surface area contributed by atoms with Gasteiger partial charge in [-0.05, 0) is 30.5 Å². The number of benzene rings is 1. The molecule has 110 valence electrons. The van der Waals surface area contributed by atoms with E-state index in [0.717, 1.165) is 18.4 Å². The molecule has 0 bridgehead atoms. The summed E-state index contributed by atoms with van der Waals surface area (Å²) >= 11 is 0. The van der Waals surface area contributed by atoms with Gasteiger partial charge in [-0.25, -0.2) is 13.2 Å². The summed E-state index contributed by atoms with van der Waals surface area (Å²) in [5.74, 6) is 0.0851. The van der Waals surface area contributed by atoms with Gasteiger partial charge < -0.3 is 10.6 Å². The van der Waals surface area contributed by atoms with Crippen molar-refractivity contribution in [2.75, 3.05) is 20.1 Å². The van der Waals surface area contributed by atoms with Gasteiger partial charge in [0.2, 0.25) is 0 Å². The van der Waals surface area contributed by atoms with Gasteiger partial charge in [0.1, 0.15) is 5.82 Å². The van der Waals surface area contributed by atoms with Gasteiger partial charge in [-0.1, -0.05) is 12.1 Å². The lowest BCUT2D eigenvalue weighted by molar-refractivity contribution is 0.152. The molecule has 20 heavy (non-hydrogen) atoms. The fraction of sp³-hybridized carbons (Fsp3) is 0.500. The summed E-state index contributed by atoms with van der Waals surface area (Å²) in [6, 6.07) is 6.53. The van der Waals surface area contributed by atoms with Gasteiger partial charge in [-0.3, -0.25) is 4.99 Å². The molecule has 1 aromatic rings. The molecule has 0 unspecified atom stereocenters. The van der Waals surface area contributed by atoms with Gasteiger partial charge in [0.25, 0.3) is 6.43 Å². The van der Waals surface area contributed by atoms with Crippen LogP contribution in [0.2, 0.25) is 0 Å². The fourth-order valence-corrected chi connectivity index (χ4v) is 2.18. The second kappa shape index (κ2) is 6.15. The molecule has 0 amide bonds. The van der Waals surface area contributed by atoms with Crippen molar-refractivity contribution < 1.29 is 13.2 Å². The molecule has 1 aliphatic rings. The van der Waals surface area contributed by atoms with Gasteiger partial charge in [0.05, 0.1) is 6.54 Å². The molecule has 1 fully saturated rings. The molecule has 0 radical (unpaired) electrons. The molecule has 0 atom stereocenters. The molecule has 0 saturated heterocycles. The normalized spacial score (nSPS) is 17.1. The quantitative estimate of drug-likeness (QED) is 0.643. The third-order valence-corrected chi connectivity index (χ3v) is 3.53. The number of nitrogens with zero attached hydrogens (tertiary/aromatic N) is 1. The highest BCUT2D eigenvalue weighted by Crippen LogP contribution is 2.47. The van der Waals surface area contributed by atoms with Crippen LogP contribution in [0.15, 0.2) is 29.3 Å². The second-order valence-electron chi connectivity index (χ2n) is 4.99. The fourth-order valence-electron chi connectivity index (χ4n) is 2.18. The zero-order valence-electron chi connectivity index (χ0n) is 11.3. The predicted octanol–water partition coefficient (Wildman–Crippen LogP) is 2.29. The number of alkyl halides is 2. The number of nitrogens with one attached hydrogen (secondary N) is 2. The summed E-state index contributed by atoms with van der Waals surface area (Å²) in [7, 11) is 1.53. The highest BCUT2D eigenvalue weighted by Gasteiger charge is 2.44. The van der Waals surface area contributed by atoms with Crippen LogP contribution in [0, 0.1) is 5.82 Å². The molecule has 0 heterocycles. The maximum atomic E-state index is 13.3. The number of aliphatic imine (C=N–C) groups is 1. The van der Waals surface area contributed by atoms with Crippen molar-refractivity contribution in [3.63, 3.8) is 0 Å². The van der Waals surface area contributed by atoms with Crippen molar-refractivity contribution in [3.8, 4) is 0 Å². The monoisotopic (exact) mass is 285 g/mol. The molecule has 1 aliphatic carbocycles. The van der Waals surface area contributed by atoms with Crippen molar-refractivity contribution in [1.29, 1.82) is 0 Å². The minimum Gasteiger partial charge on any atom is -0.356 e.